The molecule has 1 rings (SSSR count). The molecule has 1 aliphatic heterocycles. The van der Waals surface area contributed by atoms with Crippen molar-refractivity contribution in [3.05, 3.63) is 0 Å². The highest BCUT2D eigenvalue weighted by molar-refractivity contribution is 4.78. The van der Waals surface area contributed by atoms with Gasteiger partial charge >= 0.3 is 0 Å². The van der Waals surface area contributed by atoms with Crippen molar-refractivity contribution in [3.8, 4) is 0 Å². The fourth-order valence-corrected chi connectivity index (χ4v) is 3.12. The Morgan fingerprint density at radius 3 is 2.28 bits per heavy atom. The number of rotatable bonds is 8. The van der Waals surface area contributed by atoms with Crippen LogP contribution >= 0.6 is 0 Å². The second-order valence-electron chi connectivity index (χ2n) is 5.96. The summed E-state index contributed by atoms with van der Waals surface area (Å²) in [5, 5.41) is 7.15. The third-order valence-electron chi connectivity index (χ3n) is 4.50. The van der Waals surface area contributed by atoms with Crippen LogP contribution in [-0.4, -0.2) is 51.2 Å². The molecule has 1 atom stereocenters. The quantitative estimate of drug-likeness (QED) is 0.694. The Balaban J connectivity index is 2.28. The molecule has 0 spiro atoms. The van der Waals surface area contributed by atoms with Gasteiger partial charge in [0.1, 0.15) is 0 Å². The van der Waals surface area contributed by atoms with Crippen LogP contribution in [0.1, 0.15) is 39.5 Å². The zero-order valence-electron chi connectivity index (χ0n) is 12.8. The van der Waals surface area contributed by atoms with Crippen molar-refractivity contribution >= 4 is 0 Å². The van der Waals surface area contributed by atoms with Gasteiger partial charge in [0.25, 0.3) is 0 Å². The standard InChI is InChI=1S/C15H33N3/c1-5-14(6-2)15(18(3)4)12-17-11-13-7-9-16-10-8-13/h13-17H,5-12H2,1-4H3. The van der Waals surface area contributed by atoms with E-state index in [1.165, 1.54) is 45.3 Å². The Hall–Kier alpha value is -0.120. The van der Waals surface area contributed by atoms with Crippen LogP contribution in [0.15, 0.2) is 0 Å². The highest BCUT2D eigenvalue weighted by Crippen LogP contribution is 2.17. The van der Waals surface area contributed by atoms with Crippen molar-refractivity contribution in [2.24, 2.45) is 11.8 Å². The molecule has 0 aromatic carbocycles. The molecular weight excluding hydrogens is 222 g/mol. The fraction of sp³-hybridized carbons (Fsp3) is 1.00. The summed E-state index contributed by atoms with van der Waals surface area (Å²) in [6, 6.07) is 0.682. The maximum Gasteiger partial charge on any atom is 0.0242 e. The third-order valence-corrected chi connectivity index (χ3v) is 4.50. The minimum absolute atomic E-state index is 0.682. The first-order chi connectivity index (χ1) is 8.69. The minimum Gasteiger partial charge on any atom is -0.317 e. The molecule has 0 aromatic rings. The molecule has 0 amide bonds. The van der Waals surface area contributed by atoms with Gasteiger partial charge in [0, 0.05) is 12.6 Å². The van der Waals surface area contributed by atoms with Gasteiger partial charge in [0.2, 0.25) is 0 Å². The SMILES string of the molecule is CCC(CC)C(CNCC1CCNCC1)N(C)C. The van der Waals surface area contributed by atoms with Gasteiger partial charge in [-0.15, -0.1) is 0 Å². The predicted molar refractivity (Wildman–Crippen MR) is 80.0 cm³/mol. The van der Waals surface area contributed by atoms with Crippen molar-refractivity contribution in [1.82, 2.24) is 15.5 Å². The van der Waals surface area contributed by atoms with Crippen LogP contribution < -0.4 is 10.6 Å². The van der Waals surface area contributed by atoms with Gasteiger partial charge in [-0.1, -0.05) is 26.7 Å². The molecule has 1 fully saturated rings. The van der Waals surface area contributed by atoms with Gasteiger partial charge in [-0.25, -0.2) is 0 Å². The first-order valence-corrected chi connectivity index (χ1v) is 7.76. The molecule has 0 radical (unpaired) electrons. The zero-order chi connectivity index (χ0) is 13.4. The van der Waals surface area contributed by atoms with Gasteiger partial charge < -0.3 is 15.5 Å². The smallest absolute Gasteiger partial charge is 0.0242 e. The maximum atomic E-state index is 3.72. The maximum absolute atomic E-state index is 3.72. The highest BCUT2D eigenvalue weighted by Gasteiger charge is 2.21. The van der Waals surface area contributed by atoms with E-state index in [9.17, 15) is 0 Å². The lowest BCUT2D eigenvalue weighted by molar-refractivity contribution is 0.190. The normalized spacial score (nSPS) is 19.7. The first-order valence-electron chi connectivity index (χ1n) is 7.76. The summed E-state index contributed by atoms with van der Waals surface area (Å²) in [6.45, 7) is 9.39. The molecule has 1 saturated heterocycles. The molecule has 18 heavy (non-hydrogen) atoms. The van der Waals surface area contributed by atoms with E-state index in [0.717, 1.165) is 18.4 Å². The van der Waals surface area contributed by atoms with Crippen molar-refractivity contribution in [1.29, 1.82) is 0 Å². The minimum atomic E-state index is 0.682. The summed E-state index contributed by atoms with van der Waals surface area (Å²) in [7, 11) is 4.43. The van der Waals surface area contributed by atoms with Crippen LogP contribution in [0.3, 0.4) is 0 Å². The van der Waals surface area contributed by atoms with Gasteiger partial charge in [0.15, 0.2) is 0 Å². The van der Waals surface area contributed by atoms with Crippen LogP contribution in [-0.2, 0) is 0 Å². The summed E-state index contributed by atoms with van der Waals surface area (Å²) in [4.78, 5) is 2.40. The molecule has 108 valence electrons. The summed E-state index contributed by atoms with van der Waals surface area (Å²) in [5.41, 5.74) is 0. The van der Waals surface area contributed by atoms with Crippen LogP contribution in [0.4, 0.5) is 0 Å². The highest BCUT2D eigenvalue weighted by atomic mass is 15.1. The second-order valence-corrected chi connectivity index (χ2v) is 5.96. The van der Waals surface area contributed by atoms with E-state index in [0.29, 0.717) is 6.04 Å². The molecule has 0 saturated carbocycles. The van der Waals surface area contributed by atoms with Crippen molar-refractivity contribution in [3.63, 3.8) is 0 Å². The second kappa shape index (κ2) is 8.89. The average Bonchev–Trinajstić information content (AvgIpc) is 2.39. The van der Waals surface area contributed by atoms with E-state index in [2.05, 4.69) is 43.5 Å². The lowest BCUT2D eigenvalue weighted by Crippen LogP contribution is -2.44. The van der Waals surface area contributed by atoms with Gasteiger partial charge in [-0.2, -0.15) is 0 Å². The number of hydrogen-bond acceptors (Lipinski definition) is 3. The van der Waals surface area contributed by atoms with Crippen LogP contribution in [0, 0.1) is 11.8 Å². The number of nitrogens with zero attached hydrogens (tertiary/aromatic N) is 1. The monoisotopic (exact) mass is 255 g/mol. The Morgan fingerprint density at radius 1 is 1.17 bits per heavy atom. The molecule has 1 aliphatic rings. The zero-order valence-corrected chi connectivity index (χ0v) is 12.8. The Labute approximate surface area is 114 Å². The number of piperidine rings is 1. The van der Waals surface area contributed by atoms with Crippen molar-refractivity contribution in [2.75, 3.05) is 40.3 Å². The van der Waals surface area contributed by atoms with E-state index in [4.69, 9.17) is 0 Å². The summed E-state index contributed by atoms with van der Waals surface area (Å²) in [6.07, 6.45) is 5.25. The van der Waals surface area contributed by atoms with Crippen LogP contribution in [0.25, 0.3) is 0 Å². The van der Waals surface area contributed by atoms with E-state index in [-0.39, 0.29) is 0 Å². The van der Waals surface area contributed by atoms with E-state index < -0.39 is 0 Å². The number of likely N-dealkylation sites (N-methyl/N-ethyl adjacent to an activating group) is 1. The molecule has 2 N–H and O–H groups in total. The van der Waals surface area contributed by atoms with E-state index in [1.807, 2.05) is 0 Å². The molecule has 0 aliphatic carbocycles. The third kappa shape index (κ3) is 5.25. The topological polar surface area (TPSA) is 27.3 Å². The Kier molecular flexibility index (Phi) is 7.87. The molecule has 0 aromatic heterocycles. The van der Waals surface area contributed by atoms with Crippen molar-refractivity contribution < 1.29 is 0 Å². The lowest BCUT2D eigenvalue weighted by atomic mass is 9.92. The van der Waals surface area contributed by atoms with Crippen LogP contribution in [0.5, 0.6) is 0 Å². The molecular formula is C15H33N3. The van der Waals surface area contributed by atoms with Gasteiger partial charge in [0.05, 0.1) is 0 Å². The summed E-state index contributed by atoms with van der Waals surface area (Å²) < 4.78 is 0. The van der Waals surface area contributed by atoms with Crippen molar-refractivity contribution in [2.45, 2.75) is 45.6 Å². The van der Waals surface area contributed by atoms with E-state index in [1.54, 1.807) is 0 Å². The molecule has 0 bridgehead atoms. The number of hydrogen-bond donors (Lipinski definition) is 2. The summed E-state index contributed by atoms with van der Waals surface area (Å²) >= 11 is 0. The molecule has 1 heterocycles. The van der Waals surface area contributed by atoms with Gasteiger partial charge in [-0.05, 0) is 58.4 Å². The van der Waals surface area contributed by atoms with E-state index >= 15 is 0 Å². The number of nitrogens with one attached hydrogen (secondary N) is 2. The van der Waals surface area contributed by atoms with Gasteiger partial charge in [-0.3, -0.25) is 0 Å². The Bertz CT molecular complexity index is 196. The molecule has 3 nitrogen and oxygen atoms in total. The first kappa shape index (κ1) is 15.9. The predicted octanol–water partition coefficient (Wildman–Crippen LogP) is 1.94. The van der Waals surface area contributed by atoms with Crippen LogP contribution in [0.2, 0.25) is 0 Å². The lowest BCUT2D eigenvalue weighted by Gasteiger charge is -2.32. The summed E-state index contributed by atoms with van der Waals surface area (Å²) in [5.74, 6) is 1.70. The molecule has 3 heteroatoms. The largest absolute Gasteiger partial charge is 0.317 e. The fourth-order valence-electron chi connectivity index (χ4n) is 3.12. The molecule has 1 unspecified atom stereocenters. The Morgan fingerprint density at radius 2 is 1.78 bits per heavy atom. The average molecular weight is 255 g/mol.